The maximum Gasteiger partial charge on any atom is 0.236 e. The molecular weight excluding hydrogens is 208 g/mol. The number of nitrogens with zero attached hydrogens (tertiary/aromatic N) is 1. The fraction of sp³-hybridized carbons (Fsp3) is 0.727. The first kappa shape index (κ1) is 12.6. The lowest BCUT2D eigenvalue weighted by Gasteiger charge is -2.22. The lowest BCUT2D eigenvalue weighted by molar-refractivity contribution is -0.126. The third-order valence-corrected chi connectivity index (χ3v) is 3.44. The first-order valence-electron chi connectivity index (χ1n) is 5.56. The van der Waals surface area contributed by atoms with Gasteiger partial charge in [-0.1, -0.05) is 6.08 Å². The van der Waals surface area contributed by atoms with Gasteiger partial charge in [-0.25, -0.2) is 0 Å². The molecule has 0 aromatic carbocycles. The zero-order valence-electron chi connectivity index (χ0n) is 9.37. The molecule has 0 saturated carbocycles. The van der Waals surface area contributed by atoms with E-state index in [1.807, 2.05) is 11.8 Å². The predicted octanol–water partition coefficient (Wildman–Crippen LogP) is 1.59. The number of amides is 1. The third-order valence-electron chi connectivity index (χ3n) is 2.47. The highest BCUT2D eigenvalue weighted by atomic mass is 32.2. The summed E-state index contributed by atoms with van der Waals surface area (Å²) in [5.41, 5.74) is 6.61. The SMILES string of the molecule is CCN(C(=O)CSCCN)C1=CCCC1. The number of nitrogens with two attached hydrogens (primary N) is 1. The molecule has 15 heavy (non-hydrogen) atoms. The van der Waals surface area contributed by atoms with E-state index >= 15 is 0 Å². The summed E-state index contributed by atoms with van der Waals surface area (Å²) in [6, 6.07) is 0. The first-order valence-corrected chi connectivity index (χ1v) is 6.72. The van der Waals surface area contributed by atoms with Gasteiger partial charge in [0.15, 0.2) is 0 Å². The monoisotopic (exact) mass is 228 g/mol. The van der Waals surface area contributed by atoms with Gasteiger partial charge in [-0.3, -0.25) is 4.79 Å². The zero-order chi connectivity index (χ0) is 11.1. The van der Waals surface area contributed by atoms with Crippen LogP contribution >= 0.6 is 11.8 Å². The Morgan fingerprint density at radius 1 is 1.67 bits per heavy atom. The molecule has 0 fully saturated rings. The van der Waals surface area contributed by atoms with Crippen molar-refractivity contribution in [2.24, 2.45) is 5.73 Å². The molecule has 0 unspecified atom stereocenters. The molecular formula is C11H20N2OS. The van der Waals surface area contributed by atoms with E-state index in [9.17, 15) is 4.79 Å². The number of rotatable bonds is 6. The summed E-state index contributed by atoms with van der Waals surface area (Å²) in [5.74, 6) is 1.65. The minimum absolute atomic E-state index is 0.226. The van der Waals surface area contributed by atoms with E-state index < -0.39 is 0 Å². The van der Waals surface area contributed by atoms with E-state index in [2.05, 4.69) is 6.08 Å². The molecule has 0 spiro atoms. The van der Waals surface area contributed by atoms with E-state index in [4.69, 9.17) is 5.73 Å². The molecule has 0 aromatic heterocycles. The van der Waals surface area contributed by atoms with Crippen LogP contribution in [0.15, 0.2) is 11.8 Å². The minimum atomic E-state index is 0.226. The van der Waals surface area contributed by atoms with Crippen LogP contribution in [0, 0.1) is 0 Å². The second-order valence-corrected chi connectivity index (χ2v) is 4.67. The number of carbonyl (C=O) groups excluding carboxylic acids is 1. The topological polar surface area (TPSA) is 46.3 Å². The molecule has 0 aromatic rings. The number of hydrogen-bond donors (Lipinski definition) is 1. The van der Waals surface area contributed by atoms with Gasteiger partial charge in [0.2, 0.25) is 5.91 Å². The van der Waals surface area contributed by atoms with Crippen LogP contribution in [0.25, 0.3) is 0 Å². The minimum Gasteiger partial charge on any atom is -0.330 e. The summed E-state index contributed by atoms with van der Waals surface area (Å²) in [6.45, 7) is 3.46. The van der Waals surface area contributed by atoms with Gasteiger partial charge in [0.1, 0.15) is 0 Å². The van der Waals surface area contributed by atoms with Crippen LogP contribution in [0.1, 0.15) is 26.2 Å². The van der Waals surface area contributed by atoms with Crippen LogP contribution in [-0.4, -0.2) is 35.4 Å². The van der Waals surface area contributed by atoms with Crippen LogP contribution in [0.2, 0.25) is 0 Å². The van der Waals surface area contributed by atoms with Gasteiger partial charge >= 0.3 is 0 Å². The Labute approximate surface area is 96.1 Å². The van der Waals surface area contributed by atoms with E-state index in [0.717, 1.165) is 25.1 Å². The zero-order valence-corrected chi connectivity index (χ0v) is 10.2. The molecule has 3 nitrogen and oxygen atoms in total. The molecule has 2 N–H and O–H groups in total. The number of allylic oxidation sites excluding steroid dienone is 2. The summed E-state index contributed by atoms with van der Waals surface area (Å²) in [5, 5.41) is 0. The van der Waals surface area contributed by atoms with E-state index in [1.54, 1.807) is 11.8 Å². The molecule has 0 aliphatic heterocycles. The normalized spacial score (nSPS) is 15.2. The van der Waals surface area contributed by atoms with Gasteiger partial charge < -0.3 is 10.6 Å². The van der Waals surface area contributed by atoms with E-state index in [-0.39, 0.29) is 5.91 Å². The van der Waals surface area contributed by atoms with Crippen molar-refractivity contribution in [3.8, 4) is 0 Å². The lowest BCUT2D eigenvalue weighted by Crippen LogP contribution is -2.31. The Morgan fingerprint density at radius 3 is 3.00 bits per heavy atom. The Bertz CT molecular complexity index is 241. The quantitative estimate of drug-likeness (QED) is 0.702. The van der Waals surface area contributed by atoms with E-state index in [1.165, 1.54) is 12.1 Å². The van der Waals surface area contributed by atoms with Crippen molar-refractivity contribution < 1.29 is 4.79 Å². The van der Waals surface area contributed by atoms with Crippen molar-refractivity contribution in [3.05, 3.63) is 11.8 Å². The van der Waals surface area contributed by atoms with Crippen LogP contribution in [0.3, 0.4) is 0 Å². The smallest absolute Gasteiger partial charge is 0.236 e. The Balaban J connectivity index is 2.39. The molecule has 1 amide bonds. The van der Waals surface area contributed by atoms with Crippen molar-refractivity contribution in [2.45, 2.75) is 26.2 Å². The molecule has 86 valence electrons. The summed E-state index contributed by atoms with van der Waals surface area (Å²) in [7, 11) is 0. The maximum absolute atomic E-state index is 11.9. The van der Waals surface area contributed by atoms with Gasteiger partial charge in [-0.15, -0.1) is 0 Å². The standard InChI is InChI=1S/C11H20N2OS/c1-2-13(10-5-3-4-6-10)11(14)9-15-8-7-12/h5H,2-4,6-9,12H2,1H3. The molecule has 0 radical (unpaired) electrons. The van der Waals surface area contributed by atoms with Gasteiger partial charge in [-0.2, -0.15) is 11.8 Å². The van der Waals surface area contributed by atoms with E-state index in [0.29, 0.717) is 12.3 Å². The van der Waals surface area contributed by atoms with Gasteiger partial charge in [0.05, 0.1) is 5.75 Å². The second-order valence-electron chi connectivity index (χ2n) is 3.57. The third kappa shape index (κ3) is 3.87. The molecule has 0 atom stereocenters. The predicted molar refractivity (Wildman–Crippen MR) is 65.7 cm³/mol. The Morgan fingerprint density at radius 2 is 2.47 bits per heavy atom. The summed E-state index contributed by atoms with van der Waals surface area (Å²) in [6.07, 6.45) is 5.56. The summed E-state index contributed by atoms with van der Waals surface area (Å²) < 4.78 is 0. The number of hydrogen-bond acceptors (Lipinski definition) is 3. The van der Waals surface area contributed by atoms with Crippen molar-refractivity contribution in [2.75, 3.05) is 24.6 Å². The van der Waals surface area contributed by atoms with Crippen LogP contribution in [0.4, 0.5) is 0 Å². The van der Waals surface area contributed by atoms with Crippen molar-refractivity contribution in [3.63, 3.8) is 0 Å². The Hall–Kier alpha value is -0.480. The van der Waals surface area contributed by atoms with Crippen LogP contribution < -0.4 is 5.73 Å². The average Bonchev–Trinajstić information content (AvgIpc) is 2.73. The fourth-order valence-electron chi connectivity index (χ4n) is 1.76. The first-order chi connectivity index (χ1) is 7.29. The maximum atomic E-state index is 11.9. The van der Waals surface area contributed by atoms with Gasteiger partial charge in [0.25, 0.3) is 0 Å². The molecule has 0 heterocycles. The molecule has 0 bridgehead atoms. The molecule has 1 aliphatic rings. The fourth-order valence-corrected chi connectivity index (χ4v) is 2.40. The highest BCUT2D eigenvalue weighted by Gasteiger charge is 2.17. The van der Waals surface area contributed by atoms with Crippen molar-refractivity contribution in [1.29, 1.82) is 0 Å². The highest BCUT2D eigenvalue weighted by Crippen LogP contribution is 2.22. The van der Waals surface area contributed by atoms with Crippen LogP contribution in [0.5, 0.6) is 0 Å². The average molecular weight is 228 g/mol. The highest BCUT2D eigenvalue weighted by molar-refractivity contribution is 7.99. The molecule has 0 saturated heterocycles. The van der Waals surface area contributed by atoms with Crippen LogP contribution in [-0.2, 0) is 4.79 Å². The molecule has 4 heteroatoms. The van der Waals surface area contributed by atoms with Crippen molar-refractivity contribution >= 4 is 17.7 Å². The summed E-state index contributed by atoms with van der Waals surface area (Å²) >= 11 is 1.62. The number of thioether (sulfide) groups is 1. The van der Waals surface area contributed by atoms with Crippen molar-refractivity contribution in [1.82, 2.24) is 4.90 Å². The van der Waals surface area contributed by atoms with Gasteiger partial charge in [0, 0.05) is 24.5 Å². The second kappa shape index (κ2) is 6.90. The largest absolute Gasteiger partial charge is 0.330 e. The number of carbonyl (C=O) groups is 1. The lowest BCUT2D eigenvalue weighted by atomic mass is 10.3. The molecule has 1 aliphatic carbocycles. The Kier molecular flexibility index (Phi) is 5.79. The summed E-state index contributed by atoms with van der Waals surface area (Å²) in [4.78, 5) is 13.8. The molecule has 1 rings (SSSR count). The van der Waals surface area contributed by atoms with Gasteiger partial charge in [-0.05, 0) is 26.2 Å².